The van der Waals surface area contributed by atoms with Crippen LogP contribution in [0.2, 0.25) is 0 Å². The van der Waals surface area contributed by atoms with Crippen molar-refractivity contribution in [2.45, 2.75) is 55.4 Å². The first-order chi connectivity index (χ1) is 22.1. The van der Waals surface area contributed by atoms with Crippen molar-refractivity contribution in [1.29, 1.82) is 0 Å². The Morgan fingerprint density at radius 3 is 1.00 bits per heavy atom. The first kappa shape index (κ1) is 32.0. The third kappa shape index (κ3) is 7.64. The second kappa shape index (κ2) is 14.2. The number of aliphatic imine (C=N–C) groups is 4. The molecule has 0 aliphatic carbocycles. The summed E-state index contributed by atoms with van der Waals surface area (Å²) in [5, 5.41) is 0. The Morgan fingerprint density at radius 1 is 0.370 bits per heavy atom. The van der Waals surface area contributed by atoms with E-state index < -0.39 is 0 Å². The van der Waals surface area contributed by atoms with Gasteiger partial charge in [0.05, 0.1) is 68.4 Å². The Bertz CT molecular complexity index is 1880. The highest BCUT2D eigenvalue weighted by Gasteiger charge is 2.10. The molecule has 0 N–H and O–H groups in total. The second-order valence-electron chi connectivity index (χ2n) is 11.6. The number of aryl methyl sites for hydroxylation is 4. The highest BCUT2D eigenvalue weighted by atomic mass is 14.9. The van der Waals surface area contributed by atoms with E-state index in [4.69, 9.17) is 29.9 Å². The summed E-state index contributed by atoms with van der Waals surface area (Å²) in [5.41, 5.74) is 14.7. The lowest BCUT2D eigenvalue weighted by molar-refractivity contribution is 1.23. The predicted octanol–water partition coefficient (Wildman–Crippen LogP) is 10.3. The van der Waals surface area contributed by atoms with Crippen LogP contribution in [-0.2, 0) is 0 Å². The van der Waals surface area contributed by atoms with Gasteiger partial charge in [-0.3, -0.25) is 20.0 Å². The van der Waals surface area contributed by atoms with E-state index in [1.807, 2.05) is 100 Å². The summed E-state index contributed by atoms with van der Waals surface area (Å²) in [4.78, 5) is 29.4. The third-order valence-corrected chi connectivity index (χ3v) is 7.88. The Kier molecular flexibility index (Phi) is 9.87. The van der Waals surface area contributed by atoms with Gasteiger partial charge in [0.2, 0.25) is 0 Å². The quantitative estimate of drug-likeness (QED) is 0.165. The van der Waals surface area contributed by atoms with E-state index in [1.165, 1.54) is 0 Å². The molecule has 2 aromatic heterocycles. The number of benzene rings is 3. The molecule has 0 spiro atoms. The molecule has 230 valence electrons. The van der Waals surface area contributed by atoms with Crippen LogP contribution < -0.4 is 0 Å². The molecule has 2 heterocycles. The number of pyridine rings is 2. The minimum atomic E-state index is 0.819. The fraction of sp³-hybridized carbons (Fsp3) is 0.200. The second-order valence-corrected chi connectivity index (χ2v) is 11.6. The normalized spacial score (nSPS) is 12.9. The Hall–Kier alpha value is -5.36. The predicted molar refractivity (Wildman–Crippen MR) is 194 cm³/mol. The molecule has 3 aromatic carbocycles. The lowest BCUT2D eigenvalue weighted by Gasteiger charge is -2.10. The summed E-state index contributed by atoms with van der Waals surface area (Å²) in [6.45, 7) is 16.2. The molecule has 5 aromatic rings. The van der Waals surface area contributed by atoms with Gasteiger partial charge in [-0.15, -0.1) is 0 Å². The maximum atomic E-state index is 4.98. The molecule has 46 heavy (non-hydrogen) atoms. The zero-order valence-corrected chi connectivity index (χ0v) is 27.9. The SMILES string of the molecule is CC(=Nc1ccccc1C)c1cccc(C(C)=Nc2cc(C)c(N=C(C)c3cccc(C(C)=Nc4ccccc4C)n3)cc2C)n1. The van der Waals surface area contributed by atoms with Gasteiger partial charge in [0.1, 0.15) is 0 Å². The highest BCUT2D eigenvalue weighted by Crippen LogP contribution is 2.30. The minimum absolute atomic E-state index is 0.819. The summed E-state index contributed by atoms with van der Waals surface area (Å²) in [5.74, 6) is 0. The van der Waals surface area contributed by atoms with E-state index in [0.29, 0.717) is 0 Å². The zero-order valence-electron chi connectivity index (χ0n) is 27.9. The van der Waals surface area contributed by atoms with Crippen molar-refractivity contribution in [2.75, 3.05) is 0 Å². The molecular formula is C40H40N6. The fourth-order valence-corrected chi connectivity index (χ4v) is 5.03. The zero-order chi connectivity index (χ0) is 32.8. The number of hydrogen-bond acceptors (Lipinski definition) is 6. The van der Waals surface area contributed by atoms with E-state index in [2.05, 4.69) is 52.0 Å². The van der Waals surface area contributed by atoms with Gasteiger partial charge in [-0.25, -0.2) is 9.97 Å². The lowest BCUT2D eigenvalue weighted by atomic mass is 10.1. The average Bonchev–Trinajstić information content (AvgIpc) is 3.05. The molecule has 0 fully saturated rings. The maximum Gasteiger partial charge on any atom is 0.0849 e. The van der Waals surface area contributed by atoms with Crippen LogP contribution in [0.1, 0.15) is 72.7 Å². The van der Waals surface area contributed by atoms with Gasteiger partial charge in [0.15, 0.2) is 0 Å². The van der Waals surface area contributed by atoms with Crippen LogP contribution in [0.15, 0.2) is 117 Å². The first-order valence-corrected chi connectivity index (χ1v) is 15.5. The van der Waals surface area contributed by atoms with Crippen molar-refractivity contribution in [3.05, 3.63) is 142 Å². The van der Waals surface area contributed by atoms with Crippen LogP contribution >= 0.6 is 0 Å². The van der Waals surface area contributed by atoms with Crippen molar-refractivity contribution >= 4 is 45.6 Å². The summed E-state index contributed by atoms with van der Waals surface area (Å²) >= 11 is 0. The van der Waals surface area contributed by atoms with Crippen molar-refractivity contribution in [3.8, 4) is 0 Å². The molecule has 0 aliphatic rings. The van der Waals surface area contributed by atoms with Crippen LogP contribution in [0.4, 0.5) is 22.7 Å². The molecule has 0 bridgehead atoms. The van der Waals surface area contributed by atoms with Crippen LogP contribution in [0.5, 0.6) is 0 Å². The van der Waals surface area contributed by atoms with E-state index in [0.717, 1.165) is 90.6 Å². The number of aromatic nitrogens is 2. The maximum absolute atomic E-state index is 4.98. The van der Waals surface area contributed by atoms with Crippen molar-refractivity contribution in [1.82, 2.24) is 9.97 Å². The van der Waals surface area contributed by atoms with Crippen molar-refractivity contribution in [3.63, 3.8) is 0 Å². The van der Waals surface area contributed by atoms with Gasteiger partial charge in [-0.1, -0.05) is 48.5 Å². The van der Waals surface area contributed by atoms with Gasteiger partial charge < -0.3 is 0 Å². The van der Waals surface area contributed by atoms with Gasteiger partial charge in [-0.2, -0.15) is 0 Å². The van der Waals surface area contributed by atoms with E-state index in [9.17, 15) is 0 Å². The first-order valence-electron chi connectivity index (χ1n) is 15.5. The highest BCUT2D eigenvalue weighted by molar-refractivity contribution is 6.03. The molecule has 0 saturated heterocycles. The number of hydrogen-bond donors (Lipinski definition) is 0. The molecule has 0 unspecified atom stereocenters. The Balaban J connectivity index is 1.38. The standard InChI is InChI=1S/C40H40N6/c1-25-15-9-11-17-33(25)41-29(5)35-19-13-21-37(45-35)31(7)43-39-23-28(4)40(24-27(39)3)44-32(8)38-22-14-20-36(46-38)30(6)42-34-18-12-10-16-26(34)2/h9-24H,1-8H3. The van der Waals surface area contributed by atoms with Crippen molar-refractivity contribution in [2.24, 2.45) is 20.0 Å². The lowest BCUT2D eigenvalue weighted by Crippen LogP contribution is -2.05. The summed E-state index contributed by atoms with van der Waals surface area (Å²) < 4.78 is 0. The molecule has 0 atom stereocenters. The van der Waals surface area contributed by atoms with Crippen molar-refractivity contribution < 1.29 is 0 Å². The Morgan fingerprint density at radius 2 is 0.674 bits per heavy atom. The summed E-state index contributed by atoms with van der Waals surface area (Å²) in [7, 11) is 0. The topological polar surface area (TPSA) is 75.2 Å². The average molecular weight is 605 g/mol. The van der Waals surface area contributed by atoms with Gasteiger partial charge >= 0.3 is 0 Å². The minimum Gasteiger partial charge on any atom is -0.251 e. The molecular weight excluding hydrogens is 564 g/mol. The van der Waals surface area contributed by atoms with E-state index >= 15 is 0 Å². The van der Waals surface area contributed by atoms with Crippen LogP contribution in [0.25, 0.3) is 0 Å². The van der Waals surface area contributed by atoms with Crippen LogP contribution in [0, 0.1) is 27.7 Å². The smallest absolute Gasteiger partial charge is 0.0849 e. The molecule has 0 aliphatic heterocycles. The van der Waals surface area contributed by atoms with Crippen LogP contribution in [0.3, 0.4) is 0 Å². The molecule has 0 saturated carbocycles. The molecule has 6 heteroatoms. The number of para-hydroxylation sites is 2. The number of rotatable bonds is 8. The third-order valence-electron chi connectivity index (χ3n) is 7.88. The van der Waals surface area contributed by atoms with E-state index in [-0.39, 0.29) is 0 Å². The van der Waals surface area contributed by atoms with Crippen LogP contribution in [-0.4, -0.2) is 32.8 Å². The Labute approximate surface area is 272 Å². The van der Waals surface area contributed by atoms with Gasteiger partial charge in [0.25, 0.3) is 0 Å². The van der Waals surface area contributed by atoms with Gasteiger partial charge in [-0.05, 0) is 126 Å². The molecule has 5 rings (SSSR count). The molecule has 0 radical (unpaired) electrons. The summed E-state index contributed by atoms with van der Waals surface area (Å²) in [6, 6.07) is 32.3. The summed E-state index contributed by atoms with van der Waals surface area (Å²) in [6.07, 6.45) is 0. The molecule has 6 nitrogen and oxygen atoms in total. The van der Waals surface area contributed by atoms with E-state index in [1.54, 1.807) is 0 Å². The fourth-order valence-electron chi connectivity index (χ4n) is 5.03. The van der Waals surface area contributed by atoms with Gasteiger partial charge in [0, 0.05) is 0 Å². The number of nitrogens with zero attached hydrogens (tertiary/aromatic N) is 6. The largest absolute Gasteiger partial charge is 0.251 e. The monoisotopic (exact) mass is 604 g/mol. The molecule has 0 amide bonds.